The zero-order valence-electron chi connectivity index (χ0n) is 11.3. The molecule has 21 heavy (non-hydrogen) atoms. The molecule has 1 amide bonds. The first-order chi connectivity index (χ1) is 9.79. The summed E-state index contributed by atoms with van der Waals surface area (Å²) in [5.74, 6) is 0.0467. The van der Waals surface area contributed by atoms with E-state index in [1.165, 1.54) is 12.1 Å². The number of anilines is 1. The maximum absolute atomic E-state index is 12.3. The summed E-state index contributed by atoms with van der Waals surface area (Å²) in [6.45, 7) is 1.92. The Morgan fingerprint density at radius 1 is 1.52 bits per heavy atom. The first kappa shape index (κ1) is 16.2. The lowest BCUT2D eigenvalue weighted by Gasteiger charge is -2.19. The quantitative estimate of drug-likeness (QED) is 0.702. The number of nitrogens with one attached hydrogen (secondary N) is 2. The van der Waals surface area contributed by atoms with E-state index in [0.717, 1.165) is 0 Å². The van der Waals surface area contributed by atoms with E-state index in [-0.39, 0.29) is 30.0 Å². The van der Waals surface area contributed by atoms with Crippen LogP contribution in [0.15, 0.2) is 21.5 Å². The summed E-state index contributed by atoms with van der Waals surface area (Å²) in [5, 5.41) is 2.61. The topological polar surface area (TPSA) is 111 Å². The Labute approximate surface area is 131 Å². The molecule has 1 aromatic carbocycles. The fraction of sp³-hybridized carbons (Fsp3) is 0.417. The lowest BCUT2D eigenvalue weighted by molar-refractivity contribution is -0.118. The smallest absolute Gasteiger partial charge is 0.262 e. The van der Waals surface area contributed by atoms with Gasteiger partial charge in [0.05, 0.1) is 10.6 Å². The van der Waals surface area contributed by atoms with E-state index >= 15 is 0 Å². The Morgan fingerprint density at radius 2 is 2.24 bits per heavy atom. The molecule has 1 atom stereocenters. The predicted molar refractivity (Wildman–Crippen MR) is 81.7 cm³/mol. The number of halogens is 1. The molecule has 0 fully saturated rings. The van der Waals surface area contributed by atoms with E-state index in [1.54, 1.807) is 6.92 Å². The van der Waals surface area contributed by atoms with Crippen molar-refractivity contribution >= 4 is 37.5 Å². The van der Waals surface area contributed by atoms with E-state index in [4.69, 9.17) is 10.5 Å². The molecule has 0 aromatic heterocycles. The van der Waals surface area contributed by atoms with Crippen molar-refractivity contribution in [3.63, 3.8) is 0 Å². The number of benzene rings is 1. The number of fused-ring (bicyclic) bond motifs is 1. The highest BCUT2D eigenvalue weighted by Crippen LogP contribution is 2.35. The zero-order valence-corrected chi connectivity index (χ0v) is 13.8. The highest BCUT2D eigenvalue weighted by molar-refractivity contribution is 9.10. The van der Waals surface area contributed by atoms with Crippen LogP contribution in [0, 0.1) is 0 Å². The number of nitrogens with two attached hydrogens (primary N) is 1. The third kappa shape index (κ3) is 3.94. The first-order valence-corrected chi connectivity index (χ1v) is 8.58. The number of hydrogen-bond acceptors (Lipinski definition) is 5. The molecule has 0 aliphatic carbocycles. The molecule has 0 spiro atoms. The van der Waals surface area contributed by atoms with Gasteiger partial charge in [-0.25, -0.2) is 13.1 Å². The largest absolute Gasteiger partial charge is 0.482 e. The standard InChI is InChI=1S/C12H16BrN3O4S/c1-7(14)2-3-15-21(18,19)11-5-10-9(4-8(11)13)16-12(17)6-20-10/h4-5,7,15H,2-3,6,14H2,1H3,(H,16,17). The molecule has 1 aliphatic rings. The van der Waals surface area contributed by atoms with Crippen molar-refractivity contribution in [1.29, 1.82) is 0 Å². The third-order valence-electron chi connectivity index (χ3n) is 2.85. The second kappa shape index (κ2) is 6.30. The molecule has 1 unspecified atom stereocenters. The minimum atomic E-state index is -3.68. The van der Waals surface area contributed by atoms with Crippen molar-refractivity contribution in [2.45, 2.75) is 24.3 Å². The van der Waals surface area contributed by atoms with Crippen LogP contribution in [0.1, 0.15) is 13.3 Å². The Balaban J connectivity index is 2.25. The summed E-state index contributed by atoms with van der Waals surface area (Å²) in [6, 6.07) is 2.80. The van der Waals surface area contributed by atoms with Crippen molar-refractivity contribution in [2.75, 3.05) is 18.5 Å². The molecule has 1 aliphatic heterocycles. The van der Waals surface area contributed by atoms with Gasteiger partial charge in [0.25, 0.3) is 5.91 Å². The highest BCUT2D eigenvalue weighted by Gasteiger charge is 2.24. The average Bonchev–Trinajstić information content (AvgIpc) is 2.36. The maximum Gasteiger partial charge on any atom is 0.262 e. The number of hydrogen-bond donors (Lipinski definition) is 3. The van der Waals surface area contributed by atoms with Crippen molar-refractivity contribution in [1.82, 2.24) is 4.72 Å². The Kier molecular flexibility index (Phi) is 4.87. The fourth-order valence-corrected chi connectivity index (χ4v) is 3.89. The molecule has 0 saturated heterocycles. The van der Waals surface area contributed by atoms with Gasteiger partial charge in [-0.3, -0.25) is 4.79 Å². The Hall–Kier alpha value is -1.16. The molecule has 7 nitrogen and oxygen atoms in total. The van der Waals surface area contributed by atoms with Gasteiger partial charge in [-0.2, -0.15) is 0 Å². The van der Waals surface area contributed by atoms with Gasteiger partial charge in [0.1, 0.15) is 5.75 Å². The number of carbonyl (C=O) groups is 1. The summed E-state index contributed by atoms with van der Waals surface area (Å²) < 4.78 is 32.6. The predicted octanol–water partition coefficient (Wildman–Crippen LogP) is 0.796. The van der Waals surface area contributed by atoms with Crippen molar-refractivity contribution in [3.05, 3.63) is 16.6 Å². The number of carbonyl (C=O) groups excluding carboxylic acids is 1. The van der Waals surface area contributed by atoms with Crippen LogP contribution >= 0.6 is 15.9 Å². The normalized spacial score (nSPS) is 15.9. The number of rotatable bonds is 5. The summed E-state index contributed by atoms with van der Waals surface area (Å²) >= 11 is 3.20. The van der Waals surface area contributed by atoms with Crippen LogP contribution in [0.2, 0.25) is 0 Å². The van der Waals surface area contributed by atoms with Crippen LogP contribution in [0.4, 0.5) is 5.69 Å². The summed E-state index contributed by atoms with van der Waals surface area (Å²) in [4.78, 5) is 11.3. The average molecular weight is 378 g/mol. The SMILES string of the molecule is CC(N)CCNS(=O)(=O)c1cc2c(cc1Br)NC(=O)CO2. The zero-order chi connectivity index (χ0) is 15.6. The second-order valence-corrected chi connectivity index (χ2v) is 7.37. The molecule has 0 saturated carbocycles. The summed E-state index contributed by atoms with van der Waals surface area (Å²) in [5.41, 5.74) is 6.03. The van der Waals surface area contributed by atoms with Crippen LogP contribution in [0.3, 0.4) is 0 Å². The maximum atomic E-state index is 12.3. The van der Waals surface area contributed by atoms with Crippen LogP contribution < -0.4 is 20.5 Å². The van der Waals surface area contributed by atoms with Gasteiger partial charge in [0.15, 0.2) is 6.61 Å². The summed E-state index contributed by atoms with van der Waals surface area (Å²) in [6.07, 6.45) is 0.536. The fourth-order valence-electron chi connectivity index (χ4n) is 1.79. The van der Waals surface area contributed by atoms with E-state index < -0.39 is 10.0 Å². The minimum Gasteiger partial charge on any atom is -0.482 e. The molecule has 1 heterocycles. The lowest BCUT2D eigenvalue weighted by atomic mass is 10.2. The van der Waals surface area contributed by atoms with Gasteiger partial charge >= 0.3 is 0 Å². The highest BCUT2D eigenvalue weighted by atomic mass is 79.9. The van der Waals surface area contributed by atoms with E-state index in [0.29, 0.717) is 22.3 Å². The van der Waals surface area contributed by atoms with E-state index in [2.05, 4.69) is 26.0 Å². The van der Waals surface area contributed by atoms with Gasteiger partial charge in [-0.05, 0) is 35.3 Å². The van der Waals surface area contributed by atoms with Gasteiger partial charge in [0.2, 0.25) is 10.0 Å². The summed E-state index contributed by atoms with van der Waals surface area (Å²) in [7, 11) is -3.68. The molecule has 9 heteroatoms. The second-order valence-electron chi connectivity index (χ2n) is 4.78. The molecule has 116 valence electrons. The Morgan fingerprint density at radius 3 is 2.90 bits per heavy atom. The third-order valence-corrected chi connectivity index (χ3v) is 5.27. The molecule has 4 N–H and O–H groups in total. The van der Waals surface area contributed by atoms with E-state index in [9.17, 15) is 13.2 Å². The number of sulfonamides is 1. The molecule has 0 radical (unpaired) electrons. The van der Waals surface area contributed by atoms with E-state index in [1.807, 2.05) is 0 Å². The minimum absolute atomic E-state index is 0.0575. The van der Waals surface area contributed by atoms with Crippen LogP contribution in [0.25, 0.3) is 0 Å². The molecule has 0 bridgehead atoms. The van der Waals surface area contributed by atoms with Crippen LogP contribution in [0.5, 0.6) is 5.75 Å². The monoisotopic (exact) mass is 377 g/mol. The number of amides is 1. The molecule has 1 aromatic rings. The molecule has 2 rings (SSSR count). The molecular weight excluding hydrogens is 362 g/mol. The lowest BCUT2D eigenvalue weighted by Crippen LogP contribution is -2.30. The van der Waals surface area contributed by atoms with Gasteiger partial charge in [-0.1, -0.05) is 0 Å². The number of ether oxygens (including phenoxy) is 1. The molecular formula is C12H16BrN3O4S. The Bertz CT molecular complexity index is 661. The van der Waals surface area contributed by atoms with Crippen molar-refractivity contribution in [3.8, 4) is 5.75 Å². The first-order valence-electron chi connectivity index (χ1n) is 6.31. The van der Waals surface area contributed by atoms with Crippen LogP contribution in [-0.4, -0.2) is 33.5 Å². The van der Waals surface area contributed by atoms with Crippen LogP contribution in [-0.2, 0) is 14.8 Å². The van der Waals surface area contributed by atoms with Crippen molar-refractivity contribution < 1.29 is 17.9 Å². The van der Waals surface area contributed by atoms with Gasteiger partial charge in [-0.15, -0.1) is 0 Å². The van der Waals surface area contributed by atoms with Gasteiger partial charge < -0.3 is 15.8 Å². The van der Waals surface area contributed by atoms with Crippen molar-refractivity contribution in [2.24, 2.45) is 5.73 Å². The van der Waals surface area contributed by atoms with Gasteiger partial charge in [0, 0.05) is 23.1 Å².